The number of ketones is 1. The van der Waals surface area contributed by atoms with Gasteiger partial charge >= 0.3 is 17.9 Å². The van der Waals surface area contributed by atoms with Crippen molar-refractivity contribution in [2.75, 3.05) is 87.8 Å². The van der Waals surface area contributed by atoms with E-state index in [1.165, 1.54) is 30.3 Å². The van der Waals surface area contributed by atoms with Crippen molar-refractivity contribution in [1.82, 2.24) is 15.2 Å². The molecule has 3 aliphatic rings. The first-order chi connectivity index (χ1) is 48.7. The van der Waals surface area contributed by atoms with Crippen LogP contribution in [0.15, 0.2) is 54.6 Å². The lowest BCUT2D eigenvalue weighted by molar-refractivity contribution is -0.393. The first-order valence-corrected chi connectivity index (χ1v) is 32.0. The van der Waals surface area contributed by atoms with E-state index in [9.17, 15) is 109 Å². The molecule has 42 nitrogen and oxygen atoms in total. The molecule has 0 saturated carbocycles. The van der Waals surface area contributed by atoms with Crippen LogP contribution >= 0.6 is 12.8 Å². The first-order valence-electron chi connectivity index (χ1n) is 31.6. The molecule has 0 radical (unpaired) electrons. The molecule has 5 N–H and O–H groups in total. The van der Waals surface area contributed by atoms with Gasteiger partial charge in [0.1, 0.15) is 17.2 Å². The molecule has 6 amide bonds. The number of thiol groups is 1. The smallest absolute Gasteiger partial charge is 0.333 e. The molecule has 3 heterocycles. The number of hydrogen-bond acceptors (Lipinski definition) is 34. The number of hydrogen-bond donors (Lipinski definition) is 5. The first kappa shape index (κ1) is 85.3. The minimum atomic E-state index is -0.717. The number of benzene rings is 3. The second-order valence-electron chi connectivity index (χ2n) is 21.4. The van der Waals surface area contributed by atoms with E-state index in [4.69, 9.17) is 39.2 Å². The van der Waals surface area contributed by atoms with Crippen LogP contribution in [-0.2, 0) is 81.4 Å². The van der Waals surface area contributed by atoms with Gasteiger partial charge in [0.15, 0.2) is 0 Å². The Bertz CT molecular complexity index is 3320. The molecule has 0 atom stereocenters. The lowest BCUT2D eigenvalue weighted by Gasteiger charge is -2.12. The summed E-state index contributed by atoms with van der Waals surface area (Å²) < 4.78 is 23.3. The average molecular weight is 1460 g/mol. The zero-order chi connectivity index (χ0) is 75.5. The van der Waals surface area contributed by atoms with E-state index in [2.05, 4.69) is 28.2 Å². The number of hydroxylamine groups is 6. The van der Waals surface area contributed by atoms with Gasteiger partial charge in [-0.05, 0) is 50.3 Å². The number of unbranched alkanes of at least 4 members (excludes halogenated alkanes) is 6. The second kappa shape index (κ2) is 47.2. The second-order valence-corrected chi connectivity index (χ2v) is 21.7. The maximum atomic E-state index is 12.0. The molecule has 0 spiro atoms. The zero-order valence-corrected chi connectivity index (χ0v) is 55.9. The number of anilines is 3. The molecule has 102 heavy (non-hydrogen) atoms. The Morgan fingerprint density at radius 3 is 1.03 bits per heavy atom. The summed E-state index contributed by atoms with van der Waals surface area (Å²) in [5, 5.41) is 71.6. The number of carbonyl (C=O) groups is 10. The Labute approximate surface area is 584 Å². The highest BCUT2D eigenvalue weighted by Crippen LogP contribution is 2.34. The number of nitro benzene ring substituents is 6. The number of Topliss-reactive ketones (excluding diaryl/α,β-unsaturated/α-hetero) is 1. The fourth-order valence-corrected chi connectivity index (χ4v) is 9.04. The molecule has 0 aliphatic carbocycles. The van der Waals surface area contributed by atoms with Gasteiger partial charge in [-0.2, -0.15) is 0 Å². The van der Waals surface area contributed by atoms with Gasteiger partial charge in [-0.3, -0.25) is 94.2 Å². The van der Waals surface area contributed by atoms with Gasteiger partial charge in [-0.15, -0.1) is 15.2 Å². The molecular weight excluding hydrogens is 1390 g/mol. The van der Waals surface area contributed by atoms with Crippen LogP contribution in [0, 0.1) is 60.7 Å². The molecule has 3 saturated heterocycles. The summed E-state index contributed by atoms with van der Waals surface area (Å²) in [4.78, 5) is 189. The van der Waals surface area contributed by atoms with Gasteiger partial charge in [0.25, 0.3) is 69.6 Å². The number of ether oxygens (including phenoxy) is 4. The van der Waals surface area contributed by atoms with Crippen LogP contribution in [0.3, 0.4) is 0 Å². The largest absolute Gasteiger partial charge is 0.379 e. The average Bonchev–Trinajstić information content (AvgIpc) is 1.57. The van der Waals surface area contributed by atoms with E-state index < -0.39 is 82.9 Å². The Hall–Kier alpha value is -10.9. The van der Waals surface area contributed by atoms with E-state index in [1.807, 2.05) is 0 Å². The third-order valence-corrected chi connectivity index (χ3v) is 14.1. The normalized spacial score (nSPS) is 13.0. The Balaban J connectivity index is 0.000000377. The van der Waals surface area contributed by atoms with Gasteiger partial charge in [0.2, 0.25) is 5.69 Å². The number of amides is 6. The van der Waals surface area contributed by atoms with Crippen molar-refractivity contribution in [3.05, 3.63) is 115 Å². The summed E-state index contributed by atoms with van der Waals surface area (Å²) in [6.07, 6.45) is 6.97. The third-order valence-electron chi connectivity index (χ3n) is 13.9. The Morgan fingerprint density at radius 2 is 0.716 bits per heavy atom. The highest BCUT2D eigenvalue weighted by atomic mass is 32.1. The number of carbonyl (C=O) groups excluding carboxylic acids is 10. The van der Waals surface area contributed by atoms with E-state index in [1.54, 1.807) is 0 Å². The molecule has 3 aliphatic heterocycles. The van der Waals surface area contributed by atoms with E-state index in [0.717, 1.165) is 37.1 Å². The lowest BCUT2D eigenvalue weighted by atomic mass is 10.1. The monoisotopic (exact) mass is 1460 g/mol. The van der Waals surface area contributed by atoms with Crippen molar-refractivity contribution < 1.29 is 111 Å². The molecule has 6 rings (SSSR count). The topological polar surface area (TPSA) is 566 Å². The summed E-state index contributed by atoms with van der Waals surface area (Å²) in [6.45, 7) is 3.93. The number of imide groups is 3. The highest BCUT2D eigenvalue weighted by molar-refractivity contribution is 7.81. The molecule has 0 bridgehead atoms. The predicted molar refractivity (Wildman–Crippen MR) is 352 cm³/mol. The summed E-state index contributed by atoms with van der Waals surface area (Å²) in [7, 11) is 0. The van der Waals surface area contributed by atoms with Crippen LogP contribution < -0.4 is 21.1 Å². The van der Waals surface area contributed by atoms with Crippen molar-refractivity contribution >= 4 is 123 Å². The minimum Gasteiger partial charge on any atom is -0.379 e. The highest BCUT2D eigenvalue weighted by Gasteiger charge is 2.35. The minimum absolute atomic E-state index is 0.0524. The van der Waals surface area contributed by atoms with Crippen LogP contribution in [0.2, 0.25) is 0 Å². The quantitative estimate of drug-likeness (QED) is 0.0133. The van der Waals surface area contributed by atoms with Crippen LogP contribution in [-0.4, -0.2) is 176 Å². The maximum absolute atomic E-state index is 12.0. The number of rotatable bonds is 44. The van der Waals surface area contributed by atoms with E-state index >= 15 is 0 Å². The number of para-hydroxylation sites is 1. The molecule has 43 heteroatoms. The van der Waals surface area contributed by atoms with Crippen LogP contribution in [0.1, 0.15) is 128 Å². The van der Waals surface area contributed by atoms with Crippen molar-refractivity contribution in [3.8, 4) is 0 Å². The molecule has 0 aromatic heterocycles. The summed E-state index contributed by atoms with van der Waals surface area (Å²) in [5.41, 5.74) is 3.22. The van der Waals surface area contributed by atoms with Crippen molar-refractivity contribution in [3.63, 3.8) is 0 Å². The Kier molecular flexibility index (Phi) is 39.5. The predicted octanol–water partition coefficient (Wildman–Crippen LogP) is 6.45. The molecule has 3 aromatic rings. The van der Waals surface area contributed by atoms with Crippen LogP contribution in [0.5, 0.6) is 0 Å². The lowest BCUT2D eigenvalue weighted by Crippen LogP contribution is -2.32. The van der Waals surface area contributed by atoms with Crippen molar-refractivity contribution in [2.45, 2.75) is 128 Å². The van der Waals surface area contributed by atoms with Crippen LogP contribution in [0.4, 0.5) is 51.2 Å². The number of nitrogens with two attached hydrogens (primary N) is 1. The SMILES string of the molecule is NCCOCCOCCNc1ccc([N+](=O)[O-])cc1[N+](=O)[O-].O=C(CCCCCCC(=O)ON1C(=O)CCC1=O)CCCOCCOCCNc1ccc([N+](=O)[O-])cc1[N+](=O)[O-].O=C(CCCCCCC(=O)ON1C(=O)CCC1=O)ON1C(=O)CCC1=O.O=[N+]([O-])c1cccc([N+](=O)[O-])c1NS. The summed E-state index contributed by atoms with van der Waals surface area (Å²) in [5.74, 6) is -4.86. The maximum Gasteiger partial charge on any atom is 0.333 e. The molecular formula is C59H77N13O29S. The van der Waals surface area contributed by atoms with Crippen LogP contribution in [0.25, 0.3) is 0 Å². The van der Waals surface area contributed by atoms with Crippen molar-refractivity contribution in [1.29, 1.82) is 0 Å². The molecule has 0 unspecified atom stereocenters. The van der Waals surface area contributed by atoms with E-state index in [0.29, 0.717) is 132 Å². The standard InChI is InChI=1S/C25H34N4O11.C16H20N2O8.C12H18N4O6.C6H5N3O4S/c30-20(6-3-1-2-4-8-25(33)40-27-23(31)11-12-24(27)32)7-5-14-38-16-17-39-15-13-26-21-10-9-19(28(34)35)18-22(21)29(36)37;19-11-7-8-12(20)17(11)25-15(23)5-3-1-2-4-6-16(24)26-18-13(21)9-10-14(18)22;13-3-5-21-7-8-22-6-4-14-11-2-1-10(15(17)18)9-12(11)16(19)20;10-8(11)4-2-1-3-5(9(12)13)6(4)7-14/h9-10,18,26H,1-8,11-17H2;1-10H2;1-2,9,14H,3-8,13H2;1-3,7,14H. The third kappa shape index (κ3) is 32.0. The zero-order valence-electron chi connectivity index (χ0n) is 55.0. The number of non-ortho nitro benzene ring substituents is 2. The van der Waals surface area contributed by atoms with Gasteiger partial charge in [-0.1, -0.05) is 38.5 Å². The van der Waals surface area contributed by atoms with Gasteiger partial charge in [0, 0.05) is 121 Å². The molecule has 3 aromatic carbocycles. The fourth-order valence-electron chi connectivity index (χ4n) is 8.81. The van der Waals surface area contributed by atoms with Gasteiger partial charge < -0.3 is 54.5 Å². The fraction of sp³-hybridized carbons (Fsp3) is 0.525. The summed E-state index contributed by atoms with van der Waals surface area (Å²) in [6, 6.07) is 10.4. The number of nitro groups is 6. The van der Waals surface area contributed by atoms with Gasteiger partial charge in [-0.25, -0.2) is 14.4 Å². The summed E-state index contributed by atoms with van der Waals surface area (Å²) >= 11 is 3.58. The molecule has 3 fully saturated rings. The molecule has 558 valence electrons. The Morgan fingerprint density at radius 1 is 0.402 bits per heavy atom. The van der Waals surface area contributed by atoms with Crippen molar-refractivity contribution in [2.24, 2.45) is 5.73 Å². The number of nitrogens with one attached hydrogen (secondary N) is 3. The van der Waals surface area contributed by atoms with Gasteiger partial charge in [0.05, 0.1) is 87.9 Å². The number of nitrogens with zero attached hydrogens (tertiary/aromatic N) is 9. The van der Waals surface area contributed by atoms with E-state index in [-0.39, 0.29) is 128 Å².